The number of hydrogen-bond donors (Lipinski definition) is 0. The van der Waals surface area contributed by atoms with Crippen molar-refractivity contribution in [3.8, 4) is 5.75 Å². The maximum atomic E-state index is 13.4. The second kappa shape index (κ2) is 7.58. The van der Waals surface area contributed by atoms with Gasteiger partial charge >= 0.3 is 0 Å². The van der Waals surface area contributed by atoms with Crippen molar-refractivity contribution in [2.75, 3.05) is 33.8 Å². The quantitative estimate of drug-likeness (QED) is 0.739. The van der Waals surface area contributed by atoms with E-state index in [0.717, 1.165) is 5.92 Å². The Morgan fingerprint density at radius 1 is 1.36 bits per heavy atom. The van der Waals surface area contributed by atoms with Gasteiger partial charge in [-0.3, -0.25) is 9.69 Å². The van der Waals surface area contributed by atoms with Crippen LogP contribution in [-0.4, -0.2) is 55.5 Å². The molecule has 1 aliphatic carbocycles. The summed E-state index contributed by atoms with van der Waals surface area (Å²) < 4.78 is 18.8. The van der Waals surface area contributed by atoms with Gasteiger partial charge in [0.15, 0.2) is 11.6 Å². The second-order valence-corrected chi connectivity index (χ2v) is 6.09. The predicted octanol–water partition coefficient (Wildman–Crippen LogP) is 2.39. The predicted molar refractivity (Wildman–Crippen MR) is 84.3 cm³/mol. The largest absolute Gasteiger partial charge is 0.489 e. The summed E-state index contributed by atoms with van der Waals surface area (Å²) in [4.78, 5) is 15.9. The van der Waals surface area contributed by atoms with Gasteiger partial charge in [-0.2, -0.15) is 0 Å². The molecule has 4 nitrogen and oxygen atoms in total. The van der Waals surface area contributed by atoms with Gasteiger partial charge in [-0.25, -0.2) is 4.39 Å². The average molecular weight is 308 g/mol. The molecule has 1 saturated carbocycles. The van der Waals surface area contributed by atoms with Crippen LogP contribution in [0.25, 0.3) is 0 Å². The van der Waals surface area contributed by atoms with E-state index < -0.39 is 0 Å². The van der Waals surface area contributed by atoms with E-state index in [4.69, 9.17) is 4.74 Å². The number of halogens is 1. The highest BCUT2D eigenvalue weighted by molar-refractivity contribution is 5.78. The van der Waals surface area contributed by atoms with E-state index in [9.17, 15) is 9.18 Å². The molecule has 5 heteroatoms. The fraction of sp³-hybridized carbons (Fsp3) is 0.588. The zero-order valence-electron chi connectivity index (χ0n) is 13.6. The van der Waals surface area contributed by atoms with E-state index in [0.29, 0.717) is 19.1 Å². The first-order chi connectivity index (χ1) is 10.5. The van der Waals surface area contributed by atoms with E-state index in [2.05, 4.69) is 11.8 Å². The lowest BCUT2D eigenvalue weighted by molar-refractivity contribution is -0.131. The zero-order valence-corrected chi connectivity index (χ0v) is 13.6. The number of nitrogens with zero attached hydrogens (tertiary/aromatic N) is 2. The number of rotatable bonds is 8. The molecule has 0 aromatic heterocycles. The van der Waals surface area contributed by atoms with Crippen LogP contribution >= 0.6 is 0 Å². The minimum atomic E-state index is -0.380. The molecule has 1 aromatic carbocycles. The third kappa shape index (κ3) is 4.70. The van der Waals surface area contributed by atoms with Crippen molar-refractivity contribution < 1.29 is 13.9 Å². The van der Waals surface area contributed by atoms with Crippen molar-refractivity contribution >= 4 is 5.91 Å². The fourth-order valence-corrected chi connectivity index (χ4v) is 2.40. The number of benzene rings is 1. The third-order valence-corrected chi connectivity index (χ3v) is 4.33. The first kappa shape index (κ1) is 16.7. The lowest BCUT2D eigenvalue weighted by Gasteiger charge is -2.26. The molecule has 1 amide bonds. The Morgan fingerprint density at radius 2 is 2.05 bits per heavy atom. The highest BCUT2D eigenvalue weighted by Gasteiger charge is 2.31. The molecule has 1 unspecified atom stereocenters. The average Bonchev–Trinajstić information content (AvgIpc) is 3.32. The van der Waals surface area contributed by atoms with Crippen LogP contribution in [0.15, 0.2) is 24.3 Å². The normalized spacial score (nSPS) is 15.7. The SMILES string of the molecule is CC(C1CC1)N(C)CC(=O)N(C)CCOc1ccccc1F. The Morgan fingerprint density at radius 3 is 2.68 bits per heavy atom. The number of likely N-dealkylation sites (N-methyl/N-ethyl adjacent to an activating group) is 2. The summed E-state index contributed by atoms with van der Waals surface area (Å²) in [6.45, 7) is 3.31. The summed E-state index contributed by atoms with van der Waals surface area (Å²) in [5.41, 5.74) is 0. The highest BCUT2D eigenvalue weighted by Crippen LogP contribution is 2.34. The number of hydrogen-bond acceptors (Lipinski definition) is 3. The van der Waals surface area contributed by atoms with Crippen LogP contribution in [0.2, 0.25) is 0 Å². The minimum Gasteiger partial charge on any atom is -0.489 e. The van der Waals surface area contributed by atoms with Gasteiger partial charge < -0.3 is 9.64 Å². The van der Waals surface area contributed by atoms with Gasteiger partial charge in [-0.15, -0.1) is 0 Å². The molecule has 0 spiro atoms. The number of ether oxygens (including phenoxy) is 1. The van der Waals surface area contributed by atoms with Gasteiger partial charge in [0.25, 0.3) is 0 Å². The number of para-hydroxylation sites is 1. The fourth-order valence-electron chi connectivity index (χ4n) is 2.40. The molecule has 22 heavy (non-hydrogen) atoms. The van der Waals surface area contributed by atoms with Crippen molar-refractivity contribution in [2.45, 2.75) is 25.8 Å². The minimum absolute atomic E-state index is 0.0622. The maximum Gasteiger partial charge on any atom is 0.236 e. The first-order valence-corrected chi connectivity index (χ1v) is 7.80. The highest BCUT2D eigenvalue weighted by atomic mass is 19.1. The van der Waals surface area contributed by atoms with E-state index in [-0.39, 0.29) is 24.1 Å². The molecule has 1 aliphatic rings. The molecule has 0 aliphatic heterocycles. The summed E-state index contributed by atoms with van der Waals surface area (Å²) >= 11 is 0. The molecule has 0 radical (unpaired) electrons. The van der Waals surface area contributed by atoms with Crippen LogP contribution in [0.4, 0.5) is 4.39 Å². The molecule has 0 heterocycles. The molecule has 1 fully saturated rings. The smallest absolute Gasteiger partial charge is 0.236 e. The Bertz CT molecular complexity index is 505. The van der Waals surface area contributed by atoms with E-state index in [1.807, 2.05) is 7.05 Å². The monoisotopic (exact) mass is 308 g/mol. The maximum absolute atomic E-state index is 13.4. The van der Waals surface area contributed by atoms with Crippen LogP contribution in [0.1, 0.15) is 19.8 Å². The van der Waals surface area contributed by atoms with Crippen LogP contribution in [0, 0.1) is 11.7 Å². The topological polar surface area (TPSA) is 32.8 Å². The standard InChI is InChI=1S/C17H25FN2O2/c1-13(14-8-9-14)20(3)12-17(21)19(2)10-11-22-16-7-5-4-6-15(16)18/h4-7,13-14H,8-12H2,1-3H3. The van der Waals surface area contributed by atoms with Gasteiger partial charge in [-0.05, 0) is 44.9 Å². The van der Waals surface area contributed by atoms with Crippen LogP contribution < -0.4 is 4.74 Å². The Kier molecular flexibility index (Phi) is 5.77. The Balaban J connectivity index is 1.71. The van der Waals surface area contributed by atoms with Gasteiger partial charge in [0.2, 0.25) is 5.91 Å². The summed E-state index contributed by atoms with van der Waals surface area (Å²) in [7, 11) is 3.74. The van der Waals surface area contributed by atoms with Gasteiger partial charge in [0.05, 0.1) is 13.1 Å². The van der Waals surface area contributed by atoms with Crippen LogP contribution in [-0.2, 0) is 4.79 Å². The number of amides is 1. The van der Waals surface area contributed by atoms with Crippen molar-refractivity contribution in [3.63, 3.8) is 0 Å². The van der Waals surface area contributed by atoms with E-state index in [1.54, 1.807) is 30.1 Å². The van der Waals surface area contributed by atoms with Crippen molar-refractivity contribution in [1.82, 2.24) is 9.80 Å². The Labute approximate surface area is 131 Å². The van der Waals surface area contributed by atoms with Crippen molar-refractivity contribution in [3.05, 3.63) is 30.1 Å². The van der Waals surface area contributed by atoms with Crippen LogP contribution in [0.3, 0.4) is 0 Å². The first-order valence-electron chi connectivity index (χ1n) is 7.80. The zero-order chi connectivity index (χ0) is 16.1. The van der Waals surface area contributed by atoms with Gasteiger partial charge in [0, 0.05) is 13.1 Å². The molecular weight excluding hydrogens is 283 g/mol. The number of carbonyl (C=O) groups excluding carboxylic acids is 1. The van der Waals surface area contributed by atoms with E-state index in [1.165, 1.54) is 18.9 Å². The third-order valence-electron chi connectivity index (χ3n) is 4.33. The summed E-state index contributed by atoms with van der Waals surface area (Å²) in [6, 6.07) is 6.74. The van der Waals surface area contributed by atoms with Crippen LogP contribution in [0.5, 0.6) is 5.75 Å². The van der Waals surface area contributed by atoms with E-state index >= 15 is 0 Å². The summed E-state index contributed by atoms with van der Waals surface area (Å²) in [5, 5.41) is 0. The lowest BCUT2D eigenvalue weighted by atomic mass is 10.2. The molecule has 0 N–H and O–H groups in total. The Hall–Kier alpha value is -1.62. The molecule has 122 valence electrons. The van der Waals surface area contributed by atoms with Crippen molar-refractivity contribution in [2.24, 2.45) is 5.92 Å². The van der Waals surface area contributed by atoms with Gasteiger partial charge in [-0.1, -0.05) is 12.1 Å². The lowest BCUT2D eigenvalue weighted by Crippen LogP contribution is -2.42. The molecule has 2 rings (SSSR count). The molecule has 1 atom stereocenters. The molecular formula is C17H25FN2O2. The van der Waals surface area contributed by atoms with Crippen molar-refractivity contribution in [1.29, 1.82) is 0 Å². The molecule has 0 bridgehead atoms. The number of carbonyl (C=O) groups is 1. The summed E-state index contributed by atoms with van der Waals surface area (Å²) in [6.07, 6.45) is 2.54. The molecule has 0 saturated heterocycles. The van der Waals surface area contributed by atoms with Gasteiger partial charge in [0.1, 0.15) is 6.61 Å². The summed E-state index contributed by atoms with van der Waals surface area (Å²) in [5.74, 6) is 0.650. The molecule has 1 aromatic rings. The second-order valence-electron chi connectivity index (χ2n) is 6.09.